The van der Waals surface area contributed by atoms with Crippen LogP contribution in [0, 0.1) is 0 Å². The molecule has 1 radical (unpaired) electrons. The molecule has 0 N–H and O–H groups in total. The fourth-order valence-corrected chi connectivity index (χ4v) is 8.80. The molecule has 4 aromatic carbocycles. The van der Waals surface area contributed by atoms with E-state index in [4.69, 9.17) is 0 Å². The second-order valence-electron chi connectivity index (χ2n) is 7.60. The molecule has 0 aliphatic carbocycles. The van der Waals surface area contributed by atoms with Crippen LogP contribution in [-0.2, 0) is 20.4 Å². The first-order valence-electron chi connectivity index (χ1n) is 10.7. The predicted octanol–water partition coefficient (Wildman–Crippen LogP) is 8.36. The van der Waals surface area contributed by atoms with Gasteiger partial charge >= 0.3 is 53.4 Å². The molecule has 196 valence electrons. The van der Waals surface area contributed by atoms with Gasteiger partial charge in [-0.25, -0.2) is 0 Å². The van der Waals surface area contributed by atoms with Gasteiger partial charge in [0.25, 0.3) is 0 Å². The second-order valence-corrected chi connectivity index (χ2v) is 14.2. The van der Waals surface area contributed by atoms with E-state index in [1.165, 1.54) is 33.5 Å². The van der Waals surface area contributed by atoms with Crippen molar-refractivity contribution in [2.45, 2.75) is 0 Å². The van der Waals surface area contributed by atoms with Crippen LogP contribution in [0.4, 0.5) is 25.2 Å². The number of rotatable bonds is 7. The van der Waals surface area contributed by atoms with Crippen molar-refractivity contribution in [2.75, 3.05) is 12.3 Å². The van der Waals surface area contributed by atoms with Crippen LogP contribution >= 0.6 is 23.7 Å². The molecule has 0 aromatic heterocycles. The van der Waals surface area contributed by atoms with Crippen molar-refractivity contribution in [2.24, 2.45) is 0 Å². The molecule has 0 fully saturated rings. The predicted molar refractivity (Wildman–Crippen MR) is 143 cm³/mol. The van der Waals surface area contributed by atoms with E-state index in [2.05, 4.69) is 121 Å². The van der Waals surface area contributed by atoms with E-state index in [0.717, 1.165) is 0 Å². The van der Waals surface area contributed by atoms with Crippen molar-refractivity contribution in [3.05, 3.63) is 121 Å². The molecule has 0 saturated carbocycles. The Kier molecular flexibility index (Phi) is 10.5. The van der Waals surface area contributed by atoms with E-state index in [9.17, 15) is 25.2 Å². The molecule has 0 aliphatic rings. The second kappa shape index (κ2) is 12.3. The SMILES string of the molecule is F[P-](F)(F)(F)(F)F.[PdH+].c1ccc(P(CCP(c2ccccc2)c2ccccc2)c2ccccc2)cc1. The van der Waals surface area contributed by atoms with Crippen LogP contribution in [0.15, 0.2) is 121 Å². The third-order valence-electron chi connectivity index (χ3n) is 4.82. The van der Waals surface area contributed by atoms with E-state index in [-0.39, 0.29) is 36.3 Å². The minimum absolute atomic E-state index is 0. The molecule has 0 spiro atoms. The topological polar surface area (TPSA) is 0 Å². The number of hydrogen-bond acceptors (Lipinski definition) is 0. The molecule has 0 heterocycles. The molecular weight excluding hydrogens is 626 g/mol. The summed E-state index contributed by atoms with van der Waals surface area (Å²) in [4.78, 5) is 0. The van der Waals surface area contributed by atoms with Gasteiger partial charge in [-0.2, -0.15) is 0 Å². The summed E-state index contributed by atoms with van der Waals surface area (Å²) in [6.45, 7) is 0. The van der Waals surface area contributed by atoms with Gasteiger partial charge in [0.2, 0.25) is 0 Å². The maximum atomic E-state index is 9.87. The van der Waals surface area contributed by atoms with Crippen molar-refractivity contribution in [1.82, 2.24) is 0 Å². The van der Waals surface area contributed by atoms with Crippen LogP contribution in [0.1, 0.15) is 0 Å². The summed E-state index contributed by atoms with van der Waals surface area (Å²) in [6.07, 6.45) is 2.41. The first-order chi connectivity index (χ1) is 16.4. The Morgan fingerprint density at radius 1 is 0.389 bits per heavy atom. The Balaban J connectivity index is 0.000000503. The zero-order chi connectivity index (χ0) is 25.4. The van der Waals surface area contributed by atoms with E-state index >= 15 is 0 Å². The Morgan fingerprint density at radius 2 is 0.556 bits per heavy atom. The molecule has 4 rings (SSSR count). The van der Waals surface area contributed by atoms with Crippen molar-refractivity contribution in [1.29, 1.82) is 0 Å². The fourth-order valence-electron chi connectivity index (χ4n) is 3.45. The Labute approximate surface area is 223 Å². The van der Waals surface area contributed by atoms with Crippen LogP contribution in [0.25, 0.3) is 0 Å². The number of benzene rings is 4. The Morgan fingerprint density at radius 3 is 0.722 bits per heavy atom. The van der Waals surface area contributed by atoms with Crippen LogP contribution < -0.4 is 21.2 Å². The van der Waals surface area contributed by atoms with Crippen molar-refractivity contribution >= 4 is 44.9 Å². The monoisotopic (exact) mass is 650 g/mol. The van der Waals surface area contributed by atoms with Crippen molar-refractivity contribution in [3.8, 4) is 0 Å². The fraction of sp³-hybridized carbons (Fsp3) is 0.0769. The third-order valence-corrected chi connectivity index (χ3v) is 10.2. The first-order valence-corrected chi connectivity index (χ1v) is 15.8. The summed E-state index contributed by atoms with van der Waals surface area (Å²) < 4.78 is 59.2. The van der Waals surface area contributed by atoms with Gasteiger partial charge in [-0.1, -0.05) is 121 Å². The Bertz CT molecular complexity index is 1010. The third kappa shape index (κ3) is 12.1. The summed E-state index contributed by atoms with van der Waals surface area (Å²) in [5, 5.41) is 5.89. The summed E-state index contributed by atoms with van der Waals surface area (Å²) in [5.74, 6) is 0. The van der Waals surface area contributed by atoms with Gasteiger partial charge < -0.3 is 0 Å². The summed E-state index contributed by atoms with van der Waals surface area (Å²) in [7, 11) is -11.4. The molecule has 0 amide bonds. The first kappa shape index (κ1) is 30.6. The van der Waals surface area contributed by atoms with E-state index in [0.29, 0.717) is 0 Å². The summed E-state index contributed by atoms with van der Waals surface area (Å²) >= 11 is 0. The average Bonchev–Trinajstić information content (AvgIpc) is 2.82. The maximum absolute atomic E-state index is 10.7. The molecule has 10 heteroatoms. The zero-order valence-electron chi connectivity index (χ0n) is 18.9. The van der Waals surface area contributed by atoms with Gasteiger partial charge in [0, 0.05) is 0 Å². The average molecular weight is 651 g/mol. The quantitative estimate of drug-likeness (QED) is 0.107. The molecule has 4 aromatic rings. The van der Waals surface area contributed by atoms with Gasteiger partial charge in [-0.05, 0) is 49.4 Å². The van der Waals surface area contributed by atoms with Crippen molar-refractivity contribution in [3.63, 3.8) is 0 Å². The van der Waals surface area contributed by atoms with Crippen LogP contribution in [0.2, 0.25) is 0 Å². The van der Waals surface area contributed by atoms with Gasteiger partial charge in [-0.15, -0.1) is 0 Å². The summed E-state index contributed by atoms with van der Waals surface area (Å²) in [5.41, 5.74) is 0. The van der Waals surface area contributed by atoms with Gasteiger partial charge in [-0.3, -0.25) is 0 Å². The molecule has 0 atom stereocenters. The standard InChI is InChI=1S/C26H24P2.F6P.Pd.H/c1-5-13-23(14-6-1)27(24-15-7-2-8-16-24)21-22-28(25-17-9-3-10-18-25)26-19-11-4-12-20-26;1-7(2,3,4,5)6;;/h1-20H,21-22H2;;;/q;-1;+1;. The van der Waals surface area contributed by atoms with Crippen molar-refractivity contribution < 1.29 is 45.6 Å². The smallest absolute Gasteiger partial charge is 0.0195 e. The minimum Gasteiger partial charge on any atom is -0.0622 e. The number of halogens is 6. The van der Waals surface area contributed by atoms with Crippen LogP contribution in [0.3, 0.4) is 0 Å². The van der Waals surface area contributed by atoms with Crippen LogP contribution in [0.5, 0.6) is 0 Å². The molecule has 0 saturated heterocycles. The Hall–Kier alpha value is -1.59. The van der Waals surface area contributed by atoms with E-state index < -0.39 is 7.81 Å². The maximum Gasteiger partial charge on any atom is -0.0195 e. The normalized spacial score (nSPS) is 13.1. The van der Waals surface area contributed by atoms with Crippen LogP contribution in [-0.4, -0.2) is 12.3 Å². The van der Waals surface area contributed by atoms with Gasteiger partial charge in [0.05, 0.1) is 0 Å². The molecule has 0 nitrogen and oxygen atoms in total. The summed E-state index contributed by atoms with van der Waals surface area (Å²) in [6, 6.07) is 44.2. The molecule has 0 bridgehead atoms. The van der Waals surface area contributed by atoms with Gasteiger partial charge in [0.15, 0.2) is 0 Å². The minimum atomic E-state index is -10.7. The molecule has 0 unspecified atom stereocenters. The zero-order valence-corrected chi connectivity index (χ0v) is 23.2. The number of hydrogen-bond donors (Lipinski definition) is 0. The van der Waals surface area contributed by atoms with E-state index in [1.807, 2.05) is 0 Å². The molecular formula is C26H25F6P3Pd. The van der Waals surface area contributed by atoms with Gasteiger partial charge in [0.1, 0.15) is 0 Å². The van der Waals surface area contributed by atoms with E-state index in [1.54, 1.807) is 0 Å². The molecule has 36 heavy (non-hydrogen) atoms. The largest absolute Gasteiger partial charge is 0.0622 e. The molecule has 0 aliphatic heterocycles.